The summed E-state index contributed by atoms with van der Waals surface area (Å²) in [6.45, 7) is 3.10. The third-order valence-corrected chi connectivity index (χ3v) is 3.57. The molecule has 0 unspecified atom stereocenters. The molecule has 10 heteroatoms. The highest BCUT2D eigenvalue weighted by Gasteiger charge is 2.34. The van der Waals surface area contributed by atoms with Gasteiger partial charge >= 0.3 is 0 Å². The standard InChI is InChI=1S/C14H17Cl3N4O2S/c1-3-11(23)20-12(14(15,16)17)21-13(24)19-10-6-4-9(5-7-10)18-8(2)22/h4-7,12H,3H2,1-2H3,(H,18,22)(H,20,23)(H2,19,21,24)/t12-/m0/s1. The van der Waals surface area contributed by atoms with Gasteiger partial charge in [0.1, 0.15) is 6.17 Å². The van der Waals surface area contributed by atoms with Crippen molar-refractivity contribution in [2.75, 3.05) is 10.6 Å². The first-order chi connectivity index (χ1) is 11.1. The fourth-order valence-corrected chi connectivity index (χ4v) is 2.16. The predicted molar refractivity (Wildman–Crippen MR) is 103 cm³/mol. The summed E-state index contributed by atoms with van der Waals surface area (Å²) in [6.07, 6.45) is -0.752. The molecule has 0 bridgehead atoms. The molecule has 1 aromatic rings. The normalized spacial score (nSPS) is 12.0. The molecule has 1 rings (SSSR count). The monoisotopic (exact) mass is 410 g/mol. The van der Waals surface area contributed by atoms with Crippen LogP contribution >= 0.6 is 47.0 Å². The first kappa shape index (κ1) is 20.8. The van der Waals surface area contributed by atoms with Gasteiger partial charge in [-0.15, -0.1) is 0 Å². The molecule has 2 amide bonds. The van der Waals surface area contributed by atoms with Crippen molar-refractivity contribution in [3.8, 4) is 0 Å². The Morgan fingerprint density at radius 1 is 1.08 bits per heavy atom. The molecule has 24 heavy (non-hydrogen) atoms. The summed E-state index contributed by atoms with van der Waals surface area (Å²) in [7, 11) is 0. The van der Waals surface area contributed by atoms with Gasteiger partial charge in [0.15, 0.2) is 5.11 Å². The van der Waals surface area contributed by atoms with Gasteiger partial charge in [-0.1, -0.05) is 41.7 Å². The minimum Gasteiger partial charge on any atom is -0.339 e. The Morgan fingerprint density at radius 2 is 1.58 bits per heavy atom. The molecule has 0 heterocycles. The molecule has 0 saturated carbocycles. The van der Waals surface area contributed by atoms with Gasteiger partial charge in [0.05, 0.1) is 0 Å². The zero-order chi connectivity index (χ0) is 18.3. The maximum atomic E-state index is 11.5. The summed E-state index contributed by atoms with van der Waals surface area (Å²) in [4.78, 5) is 22.5. The van der Waals surface area contributed by atoms with E-state index in [0.29, 0.717) is 11.4 Å². The van der Waals surface area contributed by atoms with Crippen LogP contribution in [0.15, 0.2) is 24.3 Å². The van der Waals surface area contributed by atoms with Crippen molar-refractivity contribution in [2.45, 2.75) is 30.2 Å². The average molecular weight is 412 g/mol. The van der Waals surface area contributed by atoms with Crippen LogP contribution < -0.4 is 21.3 Å². The highest BCUT2D eigenvalue weighted by Crippen LogP contribution is 2.29. The second kappa shape index (κ2) is 9.27. The number of anilines is 2. The highest BCUT2D eigenvalue weighted by molar-refractivity contribution is 7.80. The van der Waals surface area contributed by atoms with Crippen molar-refractivity contribution in [3.63, 3.8) is 0 Å². The van der Waals surface area contributed by atoms with Gasteiger partial charge in [-0.05, 0) is 36.5 Å². The van der Waals surface area contributed by atoms with E-state index in [9.17, 15) is 9.59 Å². The molecule has 0 aromatic heterocycles. The van der Waals surface area contributed by atoms with E-state index >= 15 is 0 Å². The predicted octanol–water partition coefficient (Wildman–Crippen LogP) is 3.15. The van der Waals surface area contributed by atoms with Crippen molar-refractivity contribution in [1.29, 1.82) is 0 Å². The molecule has 6 nitrogen and oxygen atoms in total. The lowest BCUT2D eigenvalue weighted by atomic mass is 10.3. The number of carbonyl (C=O) groups excluding carboxylic acids is 2. The Labute approximate surface area is 160 Å². The fourth-order valence-electron chi connectivity index (χ4n) is 1.60. The first-order valence-electron chi connectivity index (χ1n) is 6.93. The maximum Gasteiger partial charge on any atom is 0.228 e. The van der Waals surface area contributed by atoms with Crippen LogP contribution in [-0.2, 0) is 9.59 Å². The van der Waals surface area contributed by atoms with E-state index in [-0.39, 0.29) is 23.3 Å². The molecule has 0 aliphatic rings. The zero-order valence-corrected chi connectivity index (χ0v) is 16.0. The molecule has 0 spiro atoms. The number of thiocarbonyl (C=S) groups is 1. The lowest BCUT2D eigenvalue weighted by molar-refractivity contribution is -0.121. The second-order valence-electron chi connectivity index (χ2n) is 4.75. The molecule has 0 saturated heterocycles. The maximum absolute atomic E-state index is 11.5. The van der Waals surface area contributed by atoms with Crippen LogP contribution in [0.5, 0.6) is 0 Å². The largest absolute Gasteiger partial charge is 0.339 e. The first-order valence-corrected chi connectivity index (χ1v) is 8.47. The average Bonchev–Trinajstić information content (AvgIpc) is 2.47. The van der Waals surface area contributed by atoms with Crippen LogP contribution in [0.4, 0.5) is 11.4 Å². The van der Waals surface area contributed by atoms with Crippen molar-refractivity contribution >= 4 is 75.3 Å². The smallest absolute Gasteiger partial charge is 0.228 e. The van der Waals surface area contributed by atoms with E-state index in [2.05, 4.69) is 21.3 Å². The molecule has 0 aliphatic carbocycles. The van der Waals surface area contributed by atoms with Gasteiger partial charge in [0.25, 0.3) is 0 Å². The molecule has 0 aliphatic heterocycles. The molecular weight excluding hydrogens is 395 g/mol. The van der Waals surface area contributed by atoms with Crippen LogP contribution in [0.1, 0.15) is 20.3 Å². The van der Waals surface area contributed by atoms with Crippen LogP contribution in [0, 0.1) is 0 Å². The molecule has 1 aromatic carbocycles. The molecule has 132 valence electrons. The van der Waals surface area contributed by atoms with Gasteiger partial charge in [0.2, 0.25) is 15.6 Å². The van der Waals surface area contributed by atoms with E-state index < -0.39 is 9.96 Å². The van der Waals surface area contributed by atoms with E-state index in [1.165, 1.54) is 6.92 Å². The third-order valence-electron chi connectivity index (χ3n) is 2.69. The van der Waals surface area contributed by atoms with Gasteiger partial charge in [0, 0.05) is 24.7 Å². The Morgan fingerprint density at radius 3 is 2.00 bits per heavy atom. The quantitative estimate of drug-likeness (QED) is 0.340. The molecule has 4 N–H and O–H groups in total. The Hall–Kier alpha value is -1.28. The van der Waals surface area contributed by atoms with Gasteiger partial charge in [-0.25, -0.2) is 0 Å². The zero-order valence-electron chi connectivity index (χ0n) is 13.0. The minimum absolute atomic E-state index is 0.162. The summed E-state index contributed by atoms with van der Waals surface area (Å²) in [5.41, 5.74) is 1.31. The SMILES string of the molecule is CCC(=O)N[C@@H](NC(=S)Nc1ccc(NC(C)=O)cc1)C(Cl)(Cl)Cl. The van der Waals surface area contributed by atoms with E-state index in [1.807, 2.05) is 0 Å². The van der Waals surface area contributed by atoms with Gasteiger partial charge < -0.3 is 21.3 Å². The Balaban J connectivity index is 2.68. The van der Waals surface area contributed by atoms with Crippen LogP contribution in [0.25, 0.3) is 0 Å². The number of amides is 2. The van der Waals surface area contributed by atoms with Crippen LogP contribution in [-0.4, -0.2) is 26.9 Å². The Bertz CT molecular complexity index is 605. The Kier molecular flexibility index (Phi) is 8.02. The number of halogens is 3. The summed E-state index contributed by atoms with van der Waals surface area (Å²) >= 11 is 22.7. The summed E-state index contributed by atoms with van der Waals surface area (Å²) in [5, 5.41) is 11.0. The van der Waals surface area contributed by atoms with E-state index in [1.54, 1.807) is 31.2 Å². The number of alkyl halides is 3. The van der Waals surface area contributed by atoms with Crippen molar-refractivity contribution in [2.24, 2.45) is 0 Å². The second-order valence-corrected chi connectivity index (χ2v) is 7.53. The molecule has 0 fully saturated rings. The third kappa shape index (κ3) is 7.53. The lowest BCUT2D eigenvalue weighted by Gasteiger charge is -2.27. The number of rotatable bonds is 5. The molecular formula is C14H17Cl3N4O2S. The summed E-state index contributed by atoms with van der Waals surface area (Å²) < 4.78 is -1.79. The van der Waals surface area contributed by atoms with Crippen LogP contribution in [0.2, 0.25) is 0 Å². The number of hydrogen-bond donors (Lipinski definition) is 4. The van der Waals surface area contributed by atoms with E-state index in [0.717, 1.165) is 0 Å². The highest BCUT2D eigenvalue weighted by atomic mass is 35.6. The van der Waals surface area contributed by atoms with Crippen LogP contribution in [0.3, 0.4) is 0 Å². The summed E-state index contributed by atoms with van der Waals surface area (Å²) in [6, 6.07) is 6.84. The fraction of sp³-hybridized carbons (Fsp3) is 0.357. The van der Waals surface area contributed by atoms with Gasteiger partial charge in [-0.2, -0.15) is 0 Å². The lowest BCUT2D eigenvalue weighted by Crippen LogP contribution is -2.56. The number of nitrogens with one attached hydrogen (secondary N) is 4. The van der Waals surface area contributed by atoms with Gasteiger partial charge in [-0.3, -0.25) is 9.59 Å². The van der Waals surface area contributed by atoms with E-state index in [4.69, 9.17) is 47.0 Å². The number of carbonyl (C=O) groups is 2. The topological polar surface area (TPSA) is 82.3 Å². The molecule has 0 radical (unpaired) electrons. The number of hydrogen-bond acceptors (Lipinski definition) is 3. The van der Waals surface area contributed by atoms with Crippen molar-refractivity contribution in [3.05, 3.63) is 24.3 Å². The van der Waals surface area contributed by atoms with Crippen molar-refractivity contribution in [1.82, 2.24) is 10.6 Å². The summed E-state index contributed by atoms with van der Waals surface area (Å²) in [5.74, 6) is -0.452. The van der Waals surface area contributed by atoms with Crippen molar-refractivity contribution < 1.29 is 9.59 Å². The number of benzene rings is 1. The molecule has 1 atom stereocenters. The minimum atomic E-state index is -1.79.